The zero-order valence-corrected chi connectivity index (χ0v) is 16.0. The van der Waals surface area contributed by atoms with E-state index in [0.717, 1.165) is 32.5 Å². The summed E-state index contributed by atoms with van der Waals surface area (Å²) in [4.78, 5) is 20.3. The number of benzene rings is 1. The Morgan fingerprint density at radius 3 is 2.88 bits per heavy atom. The van der Waals surface area contributed by atoms with Crippen LogP contribution >= 0.6 is 11.3 Å². The first-order valence-electron chi connectivity index (χ1n) is 9.15. The first-order chi connectivity index (χ1) is 12.8. The summed E-state index contributed by atoms with van der Waals surface area (Å²) < 4.78 is 0. The molecule has 0 fully saturated rings. The molecule has 2 N–H and O–H groups in total. The van der Waals surface area contributed by atoms with Crippen LogP contribution in [0.1, 0.15) is 22.9 Å². The van der Waals surface area contributed by atoms with E-state index >= 15 is 0 Å². The quantitative estimate of drug-likeness (QED) is 0.607. The van der Waals surface area contributed by atoms with Gasteiger partial charge in [0.15, 0.2) is 5.96 Å². The molecule has 0 saturated carbocycles. The third kappa shape index (κ3) is 5.08. The number of amides is 1. The van der Waals surface area contributed by atoms with Crippen molar-refractivity contribution in [2.75, 3.05) is 26.2 Å². The Labute approximate surface area is 159 Å². The lowest BCUT2D eigenvalue weighted by molar-refractivity contribution is -0.130. The molecule has 0 bridgehead atoms. The average molecular weight is 371 g/mol. The van der Waals surface area contributed by atoms with E-state index in [9.17, 15) is 4.79 Å². The van der Waals surface area contributed by atoms with Gasteiger partial charge >= 0.3 is 0 Å². The zero-order valence-electron chi connectivity index (χ0n) is 15.2. The largest absolute Gasteiger partial charge is 0.357 e. The SMILES string of the molecule is CCNC(=NCC(=O)N1CCc2sccc2C1)NCCc1ccccc1. The number of fused-ring (bicyclic) bond motifs is 1. The molecule has 26 heavy (non-hydrogen) atoms. The number of thiophene rings is 1. The number of hydrogen-bond acceptors (Lipinski definition) is 3. The molecular weight excluding hydrogens is 344 g/mol. The minimum Gasteiger partial charge on any atom is -0.357 e. The molecule has 0 unspecified atom stereocenters. The summed E-state index contributed by atoms with van der Waals surface area (Å²) in [5, 5.41) is 8.63. The molecule has 2 heterocycles. The van der Waals surface area contributed by atoms with Crippen molar-refractivity contribution in [2.45, 2.75) is 26.3 Å². The molecule has 0 spiro atoms. The molecule has 6 heteroatoms. The smallest absolute Gasteiger partial charge is 0.244 e. The molecule has 0 radical (unpaired) electrons. The standard InChI is InChI=1S/C20H26N4OS/c1-2-21-20(22-11-8-16-6-4-3-5-7-16)23-14-19(25)24-12-9-18-17(15-24)10-13-26-18/h3-7,10,13H,2,8-9,11-12,14-15H2,1H3,(H2,21,22,23). The van der Waals surface area contributed by atoms with Crippen molar-refractivity contribution in [3.8, 4) is 0 Å². The molecule has 0 saturated heterocycles. The second-order valence-corrected chi connectivity index (χ2v) is 7.29. The number of rotatable bonds is 6. The molecule has 138 valence electrons. The highest BCUT2D eigenvalue weighted by Crippen LogP contribution is 2.23. The number of guanidine groups is 1. The molecule has 0 aliphatic carbocycles. The topological polar surface area (TPSA) is 56.7 Å². The summed E-state index contributed by atoms with van der Waals surface area (Å²) in [5.41, 5.74) is 2.57. The maximum Gasteiger partial charge on any atom is 0.244 e. The van der Waals surface area contributed by atoms with E-state index in [2.05, 4.69) is 39.2 Å². The number of hydrogen-bond donors (Lipinski definition) is 2. The van der Waals surface area contributed by atoms with Crippen LogP contribution in [0, 0.1) is 0 Å². The van der Waals surface area contributed by atoms with Crippen molar-refractivity contribution >= 4 is 23.2 Å². The van der Waals surface area contributed by atoms with E-state index < -0.39 is 0 Å². The number of aliphatic imine (C=N–C) groups is 1. The maximum absolute atomic E-state index is 12.5. The van der Waals surface area contributed by atoms with Gasteiger partial charge in [0.05, 0.1) is 0 Å². The van der Waals surface area contributed by atoms with Gasteiger partial charge in [-0.05, 0) is 42.3 Å². The minimum atomic E-state index is 0.0853. The Bertz CT molecular complexity index is 741. The fraction of sp³-hybridized carbons (Fsp3) is 0.400. The fourth-order valence-electron chi connectivity index (χ4n) is 3.02. The molecule has 1 aromatic carbocycles. The molecule has 2 aromatic rings. The van der Waals surface area contributed by atoms with Crippen molar-refractivity contribution in [1.29, 1.82) is 0 Å². The lowest BCUT2D eigenvalue weighted by Crippen LogP contribution is -2.40. The van der Waals surface area contributed by atoms with Crippen LogP contribution in [-0.4, -0.2) is 42.9 Å². The Morgan fingerprint density at radius 2 is 2.08 bits per heavy atom. The summed E-state index contributed by atoms with van der Waals surface area (Å²) in [6.07, 6.45) is 1.88. The van der Waals surface area contributed by atoms with Crippen LogP contribution in [-0.2, 0) is 24.2 Å². The summed E-state index contributed by atoms with van der Waals surface area (Å²) in [6, 6.07) is 12.5. The molecular formula is C20H26N4OS. The molecule has 1 aromatic heterocycles. The van der Waals surface area contributed by atoms with Crippen molar-refractivity contribution in [1.82, 2.24) is 15.5 Å². The Morgan fingerprint density at radius 1 is 1.23 bits per heavy atom. The van der Waals surface area contributed by atoms with Crippen LogP contribution in [0.4, 0.5) is 0 Å². The first kappa shape index (κ1) is 18.5. The highest BCUT2D eigenvalue weighted by atomic mass is 32.1. The first-order valence-corrected chi connectivity index (χ1v) is 10.0. The highest BCUT2D eigenvalue weighted by Gasteiger charge is 2.21. The Hall–Kier alpha value is -2.34. The van der Waals surface area contributed by atoms with Crippen LogP contribution in [0.15, 0.2) is 46.8 Å². The molecule has 5 nitrogen and oxygen atoms in total. The van der Waals surface area contributed by atoms with Crippen LogP contribution < -0.4 is 10.6 Å². The van der Waals surface area contributed by atoms with Gasteiger partial charge in [-0.3, -0.25) is 4.79 Å². The highest BCUT2D eigenvalue weighted by molar-refractivity contribution is 7.10. The van der Waals surface area contributed by atoms with E-state index in [1.165, 1.54) is 16.0 Å². The van der Waals surface area contributed by atoms with Gasteiger partial charge in [0, 0.05) is 31.1 Å². The normalized spacial score (nSPS) is 14.0. The van der Waals surface area contributed by atoms with Crippen LogP contribution in [0.2, 0.25) is 0 Å². The molecule has 1 amide bonds. The average Bonchev–Trinajstić information content (AvgIpc) is 3.14. The number of carbonyl (C=O) groups is 1. The van der Waals surface area contributed by atoms with Gasteiger partial charge in [0.1, 0.15) is 6.54 Å². The predicted molar refractivity (Wildman–Crippen MR) is 108 cm³/mol. The summed E-state index contributed by atoms with van der Waals surface area (Å²) in [7, 11) is 0. The Balaban J connectivity index is 1.49. The van der Waals surface area contributed by atoms with Crippen molar-refractivity contribution in [2.24, 2.45) is 4.99 Å². The molecule has 1 aliphatic rings. The van der Waals surface area contributed by atoms with Crippen LogP contribution in [0.25, 0.3) is 0 Å². The van der Waals surface area contributed by atoms with E-state index in [1.54, 1.807) is 11.3 Å². The minimum absolute atomic E-state index is 0.0853. The van der Waals surface area contributed by atoms with Crippen molar-refractivity contribution < 1.29 is 4.79 Å². The van der Waals surface area contributed by atoms with Crippen LogP contribution in [0.3, 0.4) is 0 Å². The monoisotopic (exact) mass is 370 g/mol. The van der Waals surface area contributed by atoms with E-state index in [0.29, 0.717) is 12.5 Å². The third-order valence-corrected chi connectivity index (χ3v) is 5.45. The van der Waals surface area contributed by atoms with E-state index in [4.69, 9.17) is 0 Å². The Kier molecular flexibility index (Phi) is 6.66. The summed E-state index contributed by atoms with van der Waals surface area (Å²) in [6.45, 7) is 5.27. The van der Waals surface area contributed by atoms with E-state index in [-0.39, 0.29) is 12.5 Å². The molecule has 3 rings (SSSR count). The van der Waals surface area contributed by atoms with Gasteiger partial charge in [-0.15, -0.1) is 11.3 Å². The number of nitrogens with one attached hydrogen (secondary N) is 2. The maximum atomic E-state index is 12.5. The zero-order chi connectivity index (χ0) is 18.2. The van der Waals surface area contributed by atoms with Crippen molar-refractivity contribution in [3.05, 3.63) is 57.8 Å². The lowest BCUT2D eigenvalue weighted by Gasteiger charge is -2.26. The van der Waals surface area contributed by atoms with Crippen molar-refractivity contribution in [3.63, 3.8) is 0 Å². The van der Waals surface area contributed by atoms with Crippen LogP contribution in [0.5, 0.6) is 0 Å². The van der Waals surface area contributed by atoms with Gasteiger partial charge in [-0.1, -0.05) is 30.3 Å². The predicted octanol–water partition coefficient (Wildman–Crippen LogP) is 2.43. The molecule has 1 aliphatic heterocycles. The summed E-state index contributed by atoms with van der Waals surface area (Å²) >= 11 is 1.79. The van der Waals surface area contributed by atoms with Gasteiger partial charge in [-0.2, -0.15) is 0 Å². The second kappa shape index (κ2) is 9.38. The molecule has 0 atom stereocenters. The fourth-order valence-corrected chi connectivity index (χ4v) is 3.91. The van der Waals surface area contributed by atoms with E-state index in [1.807, 2.05) is 30.0 Å². The number of carbonyl (C=O) groups excluding carboxylic acids is 1. The second-order valence-electron chi connectivity index (χ2n) is 6.29. The lowest BCUT2D eigenvalue weighted by atomic mass is 10.1. The number of nitrogens with zero attached hydrogens (tertiary/aromatic N) is 2. The summed E-state index contributed by atoms with van der Waals surface area (Å²) in [5.74, 6) is 0.784. The van der Waals surface area contributed by atoms with Gasteiger partial charge in [-0.25, -0.2) is 4.99 Å². The van der Waals surface area contributed by atoms with Gasteiger partial charge in [0.25, 0.3) is 0 Å². The third-order valence-electron chi connectivity index (χ3n) is 4.43. The van der Waals surface area contributed by atoms with Gasteiger partial charge in [0.2, 0.25) is 5.91 Å². The van der Waals surface area contributed by atoms with Gasteiger partial charge < -0.3 is 15.5 Å².